The largest absolute Gasteiger partial charge is 0.508 e. The molecule has 3 rings (SSSR count). The summed E-state index contributed by atoms with van der Waals surface area (Å²) in [6.45, 7) is 4.43. The summed E-state index contributed by atoms with van der Waals surface area (Å²) in [5, 5.41) is 13.9. The first kappa shape index (κ1) is 12.4. The van der Waals surface area contributed by atoms with Crippen LogP contribution in [0.1, 0.15) is 48.4 Å². The van der Waals surface area contributed by atoms with Crippen LogP contribution in [0.15, 0.2) is 12.1 Å². The third-order valence-corrected chi connectivity index (χ3v) is 5.44. The summed E-state index contributed by atoms with van der Waals surface area (Å²) >= 11 is 2.03. The average molecular weight is 263 g/mol. The third-order valence-electron chi connectivity index (χ3n) is 4.28. The zero-order valence-electron chi connectivity index (χ0n) is 11.1. The molecule has 98 valence electrons. The van der Waals surface area contributed by atoms with Crippen LogP contribution in [0.3, 0.4) is 0 Å². The number of rotatable bonds is 2. The van der Waals surface area contributed by atoms with E-state index in [9.17, 15) is 5.11 Å². The van der Waals surface area contributed by atoms with Crippen LogP contribution in [0.2, 0.25) is 0 Å². The normalized spacial score (nSPS) is 30.7. The van der Waals surface area contributed by atoms with Crippen molar-refractivity contribution in [2.45, 2.75) is 44.7 Å². The first-order valence-electron chi connectivity index (χ1n) is 6.83. The van der Waals surface area contributed by atoms with Gasteiger partial charge in [0.1, 0.15) is 5.75 Å². The van der Waals surface area contributed by atoms with Crippen LogP contribution in [-0.2, 0) is 0 Å². The Morgan fingerprint density at radius 1 is 1.33 bits per heavy atom. The van der Waals surface area contributed by atoms with Gasteiger partial charge in [-0.3, -0.25) is 0 Å². The molecule has 1 aliphatic carbocycles. The molecule has 3 heteroatoms. The van der Waals surface area contributed by atoms with Gasteiger partial charge in [-0.25, -0.2) is 0 Å². The minimum atomic E-state index is 0.346. The highest BCUT2D eigenvalue weighted by Crippen LogP contribution is 2.46. The molecule has 0 radical (unpaired) electrons. The molecule has 1 heterocycles. The number of thioether (sulfide) groups is 1. The number of aryl methyl sites for hydroxylation is 1. The predicted octanol–water partition coefficient (Wildman–Crippen LogP) is 3.34. The molecule has 1 aromatic carbocycles. The van der Waals surface area contributed by atoms with Gasteiger partial charge in [-0.05, 0) is 48.6 Å². The second kappa shape index (κ2) is 4.78. The Labute approximate surface area is 113 Å². The maximum Gasteiger partial charge on any atom is 0.120 e. The van der Waals surface area contributed by atoms with Crippen LogP contribution in [0, 0.1) is 6.92 Å². The molecule has 2 aliphatic rings. The summed E-state index contributed by atoms with van der Waals surface area (Å²) in [7, 11) is 0. The lowest BCUT2D eigenvalue weighted by Gasteiger charge is -2.20. The monoisotopic (exact) mass is 263 g/mol. The molecule has 0 spiro atoms. The van der Waals surface area contributed by atoms with Crippen LogP contribution >= 0.6 is 11.8 Å². The van der Waals surface area contributed by atoms with Crippen LogP contribution in [0.5, 0.6) is 5.75 Å². The van der Waals surface area contributed by atoms with Gasteiger partial charge < -0.3 is 10.4 Å². The molecule has 0 aromatic heterocycles. The lowest BCUT2D eigenvalue weighted by Crippen LogP contribution is -2.31. The summed E-state index contributed by atoms with van der Waals surface area (Å²) < 4.78 is 0. The summed E-state index contributed by atoms with van der Waals surface area (Å²) in [4.78, 5) is 0. The van der Waals surface area contributed by atoms with Gasteiger partial charge in [0.2, 0.25) is 0 Å². The number of phenols is 1. The van der Waals surface area contributed by atoms with Gasteiger partial charge in [-0.2, -0.15) is 11.8 Å². The van der Waals surface area contributed by atoms with Gasteiger partial charge in [0, 0.05) is 23.4 Å². The second-order valence-corrected chi connectivity index (χ2v) is 6.80. The molecule has 1 aromatic rings. The van der Waals surface area contributed by atoms with Gasteiger partial charge in [0.15, 0.2) is 0 Å². The highest BCUT2D eigenvalue weighted by Gasteiger charge is 2.33. The summed E-state index contributed by atoms with van der Waals surface area (Å²) in [6.07, 6.45) is 2.38. The second-order valence-electron chi connectivity index (χ2n) is 5.65. The van der Waals surface area contributed by atoms with Crippen molar-refractivity contribution < 1.29 is 5.11 Å². The van der Waals surface area contributed by atoms with Gasteiger partial charge in [0.05, 0.1) is 0 Å². The Kier molecular flexibility index (Phi) is 3.29. The number of aromatic hydroxyl groups is 1. The fourth-order valence-corrected chi connectivity index (χ4v) is 4.61. The number of hydrogen-bond acceptors (Lipinski definition) is 3. The summed E-state index contributed by atoms with van der Waals surface area (Å²) in [5.74, 6) is 3.51. The first-order valence-corrected chi connectivity index (χ1v) is 7.98. The number of phenolic OH excluding ortho intramolecular Hbond substituents is 1. The molecular weight excluding hydrogens is 242 g/mol. The maximum atomic E-state index is 10.2. The Morgan fingerprint density at radius 2 is 2.17 bits per heavy atom. The van der Waals surface area contributed by atoms with Crippen LogP contribution in [-0.4, -0.2) is 22.7 Å². The molecular formula is C15H21NOS. The highest BCUT2D eigenvalue weighted by atomic mass is 32.2. The van der Waals surface area contributed by atoms with E-state index >= 15 is 0 Å². The molecule has 1 saturated heterocycles. The molecule has 3 unspecified atom stereocenters. The Hall–Kier alpha value is -0.670. The van der Waals surface area contributed by atoms with Crippen molar-refractivity contribution in [3.05, 3.63) is 28.8 Å². The Balaban J connectivity index is 1.90. The third kappa shape index (κ3) is 2.04. The highest BCUT2D eigenvalue weighted by molar-refractivity contribution is 7.99. The van der Waals surface area contributed by atoms with Crippen molar-refractivity contribution in [3.63, 3.8) is 0 Å². The fourth-order valence-electron chi connectivity index (χ4n) is 3.45. The predicted molar refractivity (Wildman–Crippen MR) is 77.5 cm³/mol. The molecule has 1 fully saturated rings. The standard InChI is InChI=1S/C15H21NOS/c1-9-3-4-13(17)15-12(7-10(2)14(9)15)16-11-5-6-18-8-11/h3-4,10-12,16-17H,5-8H2,1-2H3. The number of nitrogens with one attached hydrogen (secondary N) is 1. The van der Waals surface area contributed by atoms with Crippen molar-refractivity contribution >= 4 is 11.8 Å². The van der Waals surface area contributed by atoms with Gasteiger partial charge in [-0.15, -0.1) is 0 Å². The van der Waals surface area contributed by atoms with E-state index < -0.39 is 0 Å². The topological polar surface area (TPSA) is 32.3 Å². The van der Waals surface area contributed by atoms with E-state index in [1.165, 1.54) is 34.6 Å². The average Bonchev–Trinajstić information content (AvgIpc) is 2.93. The lowest BCUT2D eigenvalue weighted by atomic mass is 9.97. The van der Waals surface area contributed by atoms with Crippen molar-refractivity contribution in [1.82, 2.24) is 5.32 Å². The van der Waals surface area contributed by atoms with Gasteiger partial charge in [-0.1, -0.05) is 13.0 Å². The van der Waals surface area contributed by atoms with Gasteiger partial charge in [0.25, 0.3) is 0 Å². The van der Waals surface area contributed by atoms with E-state index in [1.54, 1.807) is 0 Å². The summed E-state index contributed by atoms with van der Waals surface area (Å²) in [5.41, 5.74) is 3.86. The van der Waals surface area contributed by atoms with Crippen molar-refractivity contribution in [3.8, 4) is 5.75 Å². The van der Waals surface area contributed by atoms with E-state index in [0.717, 1.165) is 6.42 Å². The minimum absolute atomic E-state index is 0.346. The van der Waals surface area contributed by atoms with Crippen molar-refractivity contribution in [2.24, 2.45) is 0 Å². The molecule has 0 bridgehead atoms. The molecule has 2 N–H and O–H groups in total. The molecule has 3 atom stereocenters. The Morgan fingerprint density at radius 3 is 2.89 bits per heavy atom. The van der Waals surface area contributed by atoms with E-state index in [4.69, 9.17) is 0 Å². The van der Waals surface area contributed by atoms with E-state index in [2.05, 4.69) is 19.2 Å². The van der Waals surface area contributed by atoms with Crippen LogP contribution in [0.4, 0.5) is 0 Å². The zero-order valence-corrected chi connectivity index (χ0v) is 11.9. The first-order chi connectivity index (χ1) is 8.66. The quantitative estimate of drug-likeness (QED) is 0.858. The van der Waals surface area contributed by atoms with Crippen molar-refractivity contribution in [2.75, 3.05) is 11.5 Å². The van der Waals surface area contributed by atoms with E-state index in [0.29, 0.717) is 23.8 Å². The van der Waals surface area contributed by atoms with Gasteiger partial charge >= 0.3 is 0 Å². The minimum Gasteiger partial charge on any atom is -0.508 e. The lowest BCUT2D eigenvalue weighted by molar-refractivity contribution is 0.420. The Bertz CT molecular complexity index is 454. The molecule has 2 nitrogen and oxygen atoms in total. The maximum absolute atomic E-state index is 10.2. The van der Waals surface area contributed by atoms with E-state index in [-0.39, 0.29) is 0 Å². The smallest absolute Gasteiger partial charge is 0.120 e. The van der Waals surface area contributed by atoms with Crippen molar-refractivity contribution in [1.29, 1.82) is 0 Å². The summed E-state index contributed by atoms with van der Waals surface area (Å²) in [6, 6.07) is 4.86. The zero-order chi connectivity index (χ0) is 12.7. The molecule has 1 aliphatic heterocycles. The SMILES string of the molecule is Cc1ccc(O)c2c1C(C)CC2NC1CCSC1. The number of fused-ring (bicyclic) bond motifs is 1. The molecule has 18 heavy (non-hydrogen) atoms. The van der Waals surface area contributed by atoms with E-state index in [1.807, 2.05) is 23.9 Å². The fraction of sp³-hybridized carbons (Fsp3) is 0.600. The molecule has 0 amide bonds. The van der Waals surface area contributed by atoms with Crippen LogP contribution in [0.25, 0.3) is 0 Å². The van der Waals surface area contributed by atoms with Crippen LogP contribution < -0.4 is 5.32 Å². The molecule has 0 saturated carbocycles. The number of benzene rings is 1. The number of hydrogen-bond donors (Lipinski definition) is 2.